The van der Waals surface area contributed by atoms with Gasteiger partial charge in [0.2, 0.25) is 11.8 Å². The van der Waals surface area contributed by atoms with Crippen LogP contribution in [0.1, 0.15) is 79.5 Å². The van der Waals surface area contributed by atoms with E-state index in [1.54, 1.807) is 27.7 Å². The van der Waals surface area contributed by atoms with E-state index < -0.39 is 23.8 Å². The van der Waals surface area contributed by atoms with Crippen molar-refractivity contribution in [1.29, 1.82) is 0 Å². The Balaban J connectivity index is 3.26. The summed E-state index contributed by atoms with van der Waals surface area (Å²) in [5, 5.41) is 5.52. The number of hydrogen-bond acceptors (Lipinski definition) is 4. The molecule has 0 saturated carbocycles. The van der Waals surface area contributed by atoms with Gasteiger partial charge in [0.25, 0.3) is 0 Å². The largest absolute Gasteiger partial charge is 0.444 e. The van der Waals surface area contributed by atoms with Crippen LogP contribution in [0.25, 0.3) is 0 Å². The highest BCUT2D eigenvalue weighted by molar-refractivity contribution is 5.92. The van der Waals surface area contributed by atoms with Gasteiger partial charge in [0.1, 0.15) is 17.7 Å². The number of hydrogen-bond donors (Lipinski definition) is 2. The number of rotatable bonds is 8. The predicted octanol–water partition coefficient (Wildman–Crippen LogP) is 3.96. The topological polar surface area (TPSA) is 87.7 Å². The first-order chi connectivity index (χ1) is 14.3. The number of carbonyl (C=O) groups is 3. The van der Waals surface area contributed by atoms with Gasteiger partial charge in [-0.15, -0.1) is 0 Å². The monoisotopic (exact) mass is 433 g/mol. The second-order valence-corrected chi connectivity index (χ2v) is 9.37. The molecule has 0 radical (unpaired) electrons. The van der Waals surface area contributed by atoms with Crippen LogP contribution >= 0.6 is 0 Å². The number of alkyl carbamates (subject to hydrolysis) is 1. The van der Waals surface area contributed by atoms with Crippen LogP contribution in [0.5, 0.6) is 0 Å². The number of nitrogens with zero attached hydrogens (tertiary/aromatic N) is 1. The summed E-state index contributed by atoms with van der Waals surface area (Å²) < 4.78 is 5.27. The highest BCUT2D eigenvalue weighted by atomic mass is 16.6. The smallest absolute Gasteiger partial charge is 0.408 e. The third-order valence-corrected chi connectivity index (χ3v) is 4.58. The van der Waals surface area contributed by atoms with Crippen LogP contribution in [0.3, 0.4) is 0 Å². The summed E-state index contributed by atoms with van der Waals surface area (Å²) in [4.78, 5) is 40.3. The maximum absolute atomic E-state index is 13.4. The first-order valence-corrected chi connectivity index (χ1v) is 11.0. The molecular formula is C24H39N3O4. The van der Waals surface area contributed by atoms with Crippen molar-refractivity contribution < 1.29 is 19.1 Å². The van der Waals surface area contributed by atoms with E-state index in [0.29, 0.717) is 0 Å². The van der Waals surface area contributed by atoms with Gasteiger partial charge in [-0.2, -0.15) is 0 Å². The second kappa shape index (κ2) is 11.2. The van der Waals surface area contributed by atoms with Crippen molar-refractivity contribution in [2.75, 3.05) is 0 Å². The molecule has 0 aliphatic carbocycles. The molecule has 1 aromatic rings. The van der Waals surface area contributed by atoms with Crippen molar-refractivity contribution in [2.24, 2.45) is 0 Å². The molecule has 2 atom stereocenters. The van der Waals surface area contributed by atoms with E-state index >= 15 is 0 Å². The molecule has 1 aromatic carbocycles. The Bertz CT molecular complexity index is 751. The minimum absolute atomic E-state index is 0.0775. The zero-order chi connectivity index (χ0) is 23.9. The number of aryl methyl sites for hydroxylation is 1. The van der Waals surface area contributed by atoms with Crippen LogP contribution in [-0.4, -0.2) is 46.5 Å². The summed E-state index contributed by atoms with van der Waals surface area (Å²) in [6, 6.07) is 5.68. The molecule has 7 nitrogen and oxygen atoms in total. The molecule has 2 unspecified atom stereocenters. The minimum atomic E-state index is -0.860. The third kappa shape index (κ3) is 8.23. The normalized spacial score (nSPS) is 13.5. The SMILES string of the molecule is CCc1ccc(C(C(=O)NC(C)C)N(C(=O)C(C)NC(=O)OC(C)(C)C)C(C)C)cc1. The second-order valence-electron chi connectivity index (χ2n) is 9.37. The number of benzene rings is 1. The molecule has 0 bridgehead atoms. The summed E-state index contributed by atoms with van der Waals surface area (Å²) in [5.41, 5.74) is 1.20. The molecule has 0 aliphatic heterocycles. The van der Waals surface area contributed by atoms with E-state index in [2.05, 4.69) is 17.6 Å². The average Bonchev–Trinajstić information content (AvgIpc) is 2.63. The lowest BCUT2D eigenvalue weighted by Crippen LogP contribution is -2.54. The van der Waals surface area contributed by atoms with Gasteiger partial charge in [-0.25, -0.2) is 4.79 Å². The number of nitrogens with one attached hydrogen (secondary N) is 2. The first-order valence-electron chi connectivity index (χ1n) is 11.0. The van der Waals surface area contributed by atoms with Crippen molar-refractivity contribution in [3.05, 3.63) is 35.4 Å². The van der Waals surface area contributed by atoms with Gasteiger partial charge in [-0.3, -0.25) is 9.59 Å². The van der Waals surface area contributed by atoms with Crippen LogP contribution in [0, 0.1) is 0 Å². The van der Waals surface area contributed by atoms with Crippen LogP contribution in [-0.2, 0) is 20.7 Å². The molecule has 0 fully saturated rings. The molecule has 0 saturated heterocycles. The fourth-order valence-corrected chi connectivity index (χ4v) is 3.19. The van der Waals surface area contributed by atoms with Crippen molar-refractivity contribution in [1.82, 2.24) is 15.5 Å². The summed E-state index contributed by atoms with van der Waals surface area (Å²) in [7, 11) is 0. The minimum Gasteiger partial charge on any atom is -0.444 e. The highest BCUT2D eigenvalue weighted by Gasteiger charge is 2.36. The quantitative estimate of drug-likeness (QED) is 0.649. The average molecular weight is 434 g/mol. The van der Waals surface area contributed by atoms with E-state index in [9.17, 15) is 14.4 Å². The molecule has 0 heterocycles. The van der Waals surface area contributed by atoms with Gasteiger partial charge in [0.05, 0.1) is 0 Å². The Morgan fingerprint density at radius 1 is 0.968 bits per heavy atom. The standard InChI is InChI=1S/C24H39N3O4/c1-10-18-11-13-19(14-12-18)20(21(28)25-15(2)3)27(16(4)5)22(29)17(6)26-23(30)31-24(7,8)9/h11-17,20H,10H2,1-9H3,(H,25,28)(H,26,30). The van der Waals surface area contributed by atoms with E-state index in [0.717, 1.165) is 17.5 Å². The summed E-state index contributed by atoms with van der Waals surface area (Å²) in [6.45, 7) is 16.4. The molecule has 3 amide bonds. The maximum atomic E-state index is 13.4. The van der Waals surface area contributed by atoms with Crippen molar-refractivity contribution in [3.63, 3.8) is 0 Å². The summed E-state index contributed by atoms with van der Waals surface area (Å²) >= 11 is 0. The zero-order valence-corrected chi connectivity index (χ0v) is 20.4. The first kappa shape index (κ1) is 26.5. The van der Waals surface area contributed by atoms with Gasteiger partial charge < -0.3 is 20.3 Å². The van der Waals surface area contributed by atoms with Crippen molar-refractivity contribution in [3.8, 4) is 0 Å². The Hall–Kier alpha value is -2.57. The molecule has 0 aliphatic rings. The maximum Gasteiger partial charge on any atom is 0.408 e. The van der Waals surface area contributed by atoms with E-state index in [1.165, 1.54) is 4.90 Å². The molecule has 7 heteroatoms. The highest BCUT2D eigenvalue weighted by Crippen LogP contribution is 2.25. The van der Waals surface area contributed by atoms with Gasteiger partial charge in [-0.1, -0.05) is 31.2 Å². The zero-order valence-electron chi connectivity index (χ0n) is 20.4. The molecule has 31 heavy (non-hydrogen) atoms. The van der Waals surface area contributed by atoms with Gasteiger partial charge in [0, 0.05) is 12.1 Å². The van der Waals surface area contributed by atoms with Crippen LogP contribution in [0.4, 0.5) is 4.79 Å². The van der Waals surface area contributed by atoms with Crippen molar-refractivity contribution >= 4 is 17.9 Å². The molecular weight excluding hydrogens is 394 g/mol. The Kier molecular flexibility index (Phi) is 9.53. The number of ether oxygens (including phenoxy) is 1. The van der Waals surface area contributed by atoms with Gasteiger partial charge >= 0.3 is 6.09 Å². The Labute approximate surface area is 186 Å². The molecule has 1 rings (SSSR count). The van der Waals surface area contributed by atoms with Gasteiger partial charge in [0.15, 0.2) is 0 Å². The lowest BCUT2D eigenvalue weighted by Gasteiger charge is -2.36. The molecule has 0 spiro atoms. The molecule has 174 valence electrons. The van der Waals surface area contributed by atoms with E-state index in [-0.39, 0.29) is 23.9 Å². The predicted molar refractivity (Wildman–Crippen MR) is 123 cm³/mol. The van der Waals surface area contributed by atoms with Crippen LogP contribution in [0.2, 0.25) is 0 Å². The fraction of sp³-hybridized carbons (Fsp3) is 0.625. The molecule has 2 N–H and O–H groups in total. The van der Waals surface area contributed by atoms with E-state index in [1.807, 2.05) is 52.0 Å². The third-order valence-electron chi connectivity index (χ3n) is 4.58. The Morgan fingerprint density at radius 3 is 1.94 bits per heavy atom. The summed E-state index contributed by atoms with van der Waals surface area (Å²) in [5.74, 6) is -0.616. The van der Waals surface area contributed by atoms with E-state index in [4.69, 9.17) is 4.74 Å². The number of amides is 3. The van der Waals surface area contributed by atoms with Crippen molar-refractivity contribution in [2.45, 2.75) is 98.5 Å². The molecule has 0 aromatic heterocycles. The fourth-order valence-electron chi connectivity index (χ4n) is 3.19. The van der Waals surface area contributed by atoms with Gasteiger partial charge in [-0.05, 0) is 72.9 Å². The lowest BCUT2D eigenvalue weighted by atomic mass is 9.99. The number of carbonyl (C=O) groups excluding carboxylic acids is 3. The summed E-state index contributed by atoms with van der Waals surface area (Å²) in [6.07, 6.45) is 0.208. The lowest BCUT2D eigenvalue weighted by molar-refractivity contribution is -0.144. The Morgan fingerprint density at radius 2 is 1.52 bits per heavy atom. The van der Waals surface area contributed by atoms with Crippen LogP contribution < -0.4 is 10.6 Å². The van der Waals surface area contributed by atoms with Crippen LogP contribution in [0.15, 0.2) is 24.3 Å².